The van der Waals surface area contributed by atoms with E-state index in [1.807, 2.05) is 0 Å². The number of aryl methyl sites for hydroxylation is 2. The highest BCUT2D eigenvalue weighted by Gasteiger charge is 2.33. The third-order valence-corrected chi connectivity index (χ3v) is 10.0. The monoisotopic (exact) mass is 600 g/mol. The number of nitrogens with zero attached hydrogens (tertiary/aromatic N) is 1. The number of fused-ring (bicyclic) bond motifs is 7. The van der Waals surface area contributed by atoms with Gasteiger partial charge in [0.25, 0.3) is 0 Å². The lowest BCUT2D eigenvalue weighted by atomic mass is 9.92. The van der Waals surface area contributed by atoms with Crippen LogP contribution in [0.25, 0.3) is 22.0 Å². The molecule has 0 spiro atoms. The third kappa shape index (κ3) is 7.46. The predicted molar refractivity (Wildman–Crippen MR) is 178 cm³/mol. The maximum Gasteiger partial charge on any atom is 0.231 e. The lowest BCUT2D eigenvalue weighted by Crippen LogP contribution is -2.44. The number of rotatable bonds is 19. The summed E-state index contributed by atoms with van der Waals surface area (Å²) >= 11 is 0. The van der Waals surface area contributed by atoms with Crippen LogP contribution in [0.15, 0.2) is 30.3 Å². The minimum Gasteiger partial charge on any atom is -0.454 e. The molecule has 0 radical (unpaired) electrons. The molecule has 0 fully saturated rings. The van der Waals surface area contributed by atoms with Gasteiger partial charge in [0, 0.05) is 18.9 Å². The molecule has 3 aliphatic rings. The van der Waals surface area contributed by atoms with E-state index in [1.54, 1.807) is 0 Å². The van der Waals surface area contributed by atoms with Crippen molar-refractivity contribution >= 4 is 10.8 Å². The zero-order valence-electron chi connectivity index (χ0n) is 27.2. The summed E-state index contributed by atoms with van der Waals surface area (Å²) in [5.41, 5.74) is 5.26. The first-order valence-electron chi connectivity index (χ1n) is 18.0. The maximum absolute atomic E-state index is 6.04. The van der Waals surface area contributed by atoms with Crippen LogP contribution in [0.2, 0.25) is 0 Å². The van der Waals surface area contributed by atoms with Crippen LogP contribution in [0.4, 0.5) is 0 Å². The van der Waals surface area contributed by atoms with Crippen LogP contribution in [0.5, 0.6) is 23.0 Å². The van der Waals surface area contributed by atoms with E-state index in [0.717, 1.165) is 42.4 Å². The van der Waals surface area contributed by atoms with Gasteiger partial charge in [-0.25, -0.2) is 0 Å². The van der Waals surface area contributed by atoms with Crippen molar-refractivity contribution in [1.82, 2.24) is 0 Å². The van der Waals surface area contributed by atoms with Gasteiger partial charge in [-0.2, -0.15) is 4.57 Å². The number of ether oxygens (including phenoxy) is 4. The molecule has 6 rings (SSSR count). The second-order valence-electron chi connectivity index (χ2n) is 13.3. The summed E-state index contributed by atoms with van der Waals surface area (Å²) in [7, 11) is 0. The normalized spacial score (nSPS) is 14.3. The van der Waals surface area contributed by atoms with Crippen molar-refractivity contribution in [2.75, 3.05) is 13.6 Å². The minimum absolute atomic E-state index is 0.307. The van der Waals surface area contributed by atoms with E-state index in [9.17, 15) is 0 Å². The van der Waals surface area contributed by atoms with Gasteiger partial charge < -0.3 is 18.9 Å². The summed E-state index contributed by atoms with van der Waals surface area (Å²) in [6.45, 7) is 3.88. The number of pyridine rings is 1. The molecular formula is C39H54NO4+. The molecular weight excluding hydrogens is 546 g/mol. The van der Waals surface area contributed by atoms with E-state index in [0.29, 0.717) is 13.6 Å². The summed E-state index contributed by atoms with van der Waals surface area (Å²) in [5, 5.41) is 2.46. The van der Waals surface area contributed by atoms with Crippen LogP contribution in [0.3, 0.4) is 0 Å². The van der Waals surface area contributed by atoms with E-state index in [-0.39, 0.29) is 0 Å². The molecule has 44 heavy (non-hydrogen) atoms. The molecule has 5 nitrogen and oxygen atoms in total. The fourth-order valence-corrected chi connectivity index (χ4v) is 7.51. The second kappa shape index (κ2) is 15.9. The van der Waals surface area contributed by atoms with Gasteiger partial charge in [0.2, 0.25) is 19.3 Å². The number of hydrogen-bond donors (Lipinski definition) is 0. The molecule has 2 aromatic carbocycles. The van der Waals surface area contributed by atoms with Crippen molar-refractivity contribution < 1.29 is 23.5 Å². The van der Waals surface area contributed by atoms with Gasteiger partial charge in [0.05, 0.1) is 10.9 Å². The average Bonchev–Trinajstić information content (AvgIpc) is 3.72. The Kier molecular flexibility index (Phi) is 11.2. The number of aromatic nitrogens is 1. The van der Waals surface area contributed by atoms with E-state index in [1.165, 1.54) is 149 Å². The molecule has 0 atom stereocenters. The van der Waals surface area contributed by atoms with Crippen LogP contribution in [0.1, 0.15) is 134 Å². The molecule has 0 unspecified atom stereocenters. The lowest BCUT2D eigenvalue weighted by Gasteiger charge is -2.19. The lowest BCUT2D eigenvalue weighted by molar-refractivity contribution is -0.693. The van der Waals surface area contributed by atoms with Crippen LogP contribution in [-0.4, -0.2) is 13.6 Å². The van der Waals surface area contributed by atoms with Crippen molar-refractivity contribution in [1.29, 1.82) is 0 Å². The fourth-order valence-electron chi connectivity index (χ4n) is 7.51. The Balaban J connectivity index is 0.962. The first-order valence-corrected chi connectivity index (χ1v) is 18.0. The standard InChI is InChI=1S/C39H54NO4/c1-2-3-4-5-6-7-8-9-10-11-12-13-14-15-16-17-18-19-20-33-38-31(21-22-35-39(38)44-29-41-35)25-34-32-27-37-36(42-28-43-37)26-30(32)23-24-40(33)34/h21-22,25-27H,2-20,23-24,28-29H2,1H3/q+1. The van der Waals surface area contributed by atoms with E-state index < -0.39 is 0 Å². The molecule has 3 aromatic rings. The third-order valence-electron chi connectivity index (χ3n) is 10.0. The molecule has 0 bridgehead atoms. The molecule has 0 saturated carbocycles. The van der Waals surface area contributed by atoms with Crippen molar-refractivity contribution in [3.63, 3.8) is 0 Å². The molecule has 0 saturated heterocycles. The molecule has 4 heterocycles. The second-order valence-corrected chi connectivity index (χ2v) is 13.3. The highest BCUT2D eigenvalue weighted by atomic mass is 16.7. The zero-order valence-corrected chi connectivity index (χ0v) is 27.2. The largest absolute Gasteiger partial charge is 0.454 e. The highest BCUT2D eigenvalue weighted by molar-refractivity contribution is 5.94. The molecule has 0 amide bonds. The molecule has 3 aliphatic heterocycles. The number of unbranched alkanes of at least 4 members (excludes halogenated alkanes) is 17. The topological polar surface area (TPSA) is 40.8 Å². The SMILES string of the molecule is CCCCCCCCCCCCCCCCCCCCc1c2c3c(ccc2cc2[n+]1CCc1cc4c(cc1-2)OCO4)OCO3. The average molecular weight is 601 g/mol. The fraction of sp³-hybridized carbons (Fsp3) is 0.615. The van der Waals surface area contributed by atoms with Gasteiger partial charge in [-0.15, -0.1) is 0 Å². The van der Waals surface area contributed by atoms with Gasteiger partial charge in [-0.05, 0) is 41.6 Å². The smallest absolute Gasteiger partial charge is 0.231 e. The summed E-state index contributed by atoms with van der Waals surface area (Å²) in [6, 6.07) is 11.0. The summed E-state index contributed by atoms with van der Waals surface area (Å²) < 4.78 is 25.8. The summed E-state index contributed by atoms with van der Waals surface area (Å²) in [4.78, 5) is 0. The summed E-state index contributed by atoms with van der Waals surface area (Å²) in [5.74, 6) is 3.52. The maximum atomic E-state index is 6.04. The molecule has 1 aromatic heterocycles. The van der Waals surface area contributed by atoms with E-state index in [2.05, 4.69) is 41.8 Å². The van der Waals surface area contributed by atoms with Crippen LogP contribution >= 0.6 is 0 Å². The van der Waals surface area contributed by atoms with E-state index in [4.69, 9.17) is 18.9 Å². The Hall–Kier alpha value is -2.95. The van der Waals surface area contributed by atoms with Crippen molar-refractivity contribution in [2.24, 2.45) is 0 Å². The van der Waals surface area contributed by atoms with Gasteiger partial charge in [-0.1, -0.05) is 116 Å². The Bertz CT molecular complexity index is 1380. The van der Waals surface area contributed by atoms with Crippen LogP contribution in [-0.2, 0) is 19.4 Å². The quantitative estimate of drug-likeness (QED) is 0.101. The van der Waals surface area contributed by atoms with Crippen molar-refractivity contribution in [3.05, 3.63) is 41.6 Å². The van der Waals surface area contributed by atoms with Crippen molar-refractivity contribution in [3.8, 4) is 34.3 Å². The minimum atomic E-state index is 0.307. The van der Waals surface area contributed by atoms with Gasteiger partial charge in [0.1, 0.15) is 0 Å². The van der Waals surface area contributed by atoms with Gasteiger partial charge in [0.15, 0.2) is 35.2 Å². The van der Waals surface area contributed by atoms with Gasteiger partial charge >= 0.3 is 0 Å². The highest BCUT2D eigenvalue weighted by Crippen LogP contribution is 2.44. The van der Waals surface area contributed by atoms with Crippen molar-refractivity contribution in [2.45, 2.75) is 142 Å². The molecule has 238 valence electrons. The Morgan fingerprint density at radius 3 is 1.82 bits per heavy atom. The van der Waals surface area contributed by atoms with Crippen LogP contribution < -0.4 is 23.5 Å². The molecule has 5 heteroatoms. The predicted octanol–water partition coefficient (Wildman–Crippen LogP) is 10.4. The first-order chi connectivity index (χ1) is 21.8. The Morgan fingerprint density at radius 1 is 0.591 bits per heavy atom. The Labute approximate surface area is 265 Å². The van der Waals surface area contributed by atoms with Gasteiger partial charge in [-0.3, -0.25) is 0 Å². The molecule has 0 aliphatic carbocycles. The number of hydrogen-bond acceptors (Lipinski definition) is 4. The summed E-state index contributed by atoms with van der Waals surface area (Å²) in [6.07, 6.45) is 27.3. The first kappa shape index (κ1) is 31.0. The van der Waals surface area contributed by atoms with Crippen LogP contribution in [0, 0.1) is 0 Å². The van der Waals surface area contributed by atoms with E-state index >= 15 is 0 Å². The zero-order chi connectivity index (χ0) is 30.0. The Morgan fingerprint density at radius 2 is 1.16 bits per heavy atom. The molecule has 0 N–H and O–H groups in total. The number of benzene rings is 2.